The van der Waals surface area contributed by atoms with Gasteiger partial charge in [-0.15, -0.1) is 0 Å². The molecule has 0 aromatic carbocycles. The molecule has 4 amide bonds. The Hall–Kier alpha value is -1.63. The minimum absolute atomic E-state index is 0.0922. The first kappa shape index (κ1) is 17.7. The molecule has 0 unspecified atom stereocenters. The largest absolute Gasteiger partial charge is 0.369 e. The zero-order chi connectivity index (χ0) is 16.8. The molecule has 1 aliphatic heterocycles. The molecule has 1 saturated carbocycles. The van der Waals surface area contributed by atoms with Crippen LogP contribution in [0.25, 0.3) is 0 Å². The van der Waals surface area contributed by atoms with E-state index >= 15 is 0 Å². The molecule has 7 heteroatoms. The van der Waals surface area contributed by atoms with Crippen LogP contribution in [0.3, 0.4) is 0 Å². The highest BCUT2D eigenvalue weighted by Crippen LogP contribution is 2.23. The van der Waals surface area contributed by atoms with Crippen molar-refractivity contribution in [2.75, 3.05) is 19.6 Å². The fourth-order valence-electron chi connectivity index (χ4n) is 3.48. The molecule has 1 heterocycles. The summed E-state index contributed by atoms with van der Waals surface area (Å²) in [5.41, 5.74) is 5.29. The molecular weight excluding hydrogens is 296 g/mol. The Morgan fingerprint density at radius 3 is 2.35 bits per heavy atom. The molecule has 23 heavy (non-hydrogen) atoms. The Morgan fingerprint density at radius 1 is 1.09 bits per heavy atom. The Kier molecular flexibility index (Phi) is 6.38. The summed E-state index contributed by atoms with van der Waals surface area (Å²) in [5.74, 6) is -0.207. The Labute approximate surface area is 137 Å². The molecule has 130 valence electrons. The van der Waals surface area contributed by atoms with Gasteiger partial charge in [0.2, 0.25) is 11.8 Å². The molecule has 0 spiro atoms. The topological polar surface area (TPSA) is 105 Å². The maximum Gasteiger partial charge on any atom is 0.321 e. The van der Waals surface area contributed by atoms with Crippen molar-refractivity contribution in [3.8, 4) is 0 Å². The molecule has 0 radical (unpaired) electrons. The van der Waals surface area contributed by atoms with E-state index in [9.17, 15) is 14.4 Å². The van der Waals surface area contributed by atoms with Crippen LogP contribution in [0.2, 0.25) is 0 Å². The Morgan fingerprint density at radius 2 is 1.74 bits per heavy atom. The molecule has 0 aromatic heterocycles. The van der Waals surface area contributed by atoms with Crippen LogP contribution >= 0.6 is 0 Å². The van der Waals surface area contributed by atoms with Crippen molar-refractivity contribution in [1.82, 2.24) is 15.5 Å². The lowest BCUT2D eigenvalue weighted by molar-refractivity contribution is -0.123. The summed E-state index contributed by atoms with van der Waals surface area (Å²) in [4.78, 5) is 36.9. The van der Waals surface area contributed by atoms with Crippen molar-refractivity contribution in [2.24, 2.45) is 17.6 Å². The lowest BCUT2D eigenvalue weighted by atomic mass is 9.86. The second kappa shape index (κ2) is 8.29. The lowest BCUT2D eigenvalue weighted by Gasteiger charge is -2.30. The van der Waals surface area contributed by atoms with E-state index < -0.39 is 6.03 Å². The van der Waals surface area contributed by atoms with Gasteiger partial charge in [-0.3, -0.25) is 19.8 Å². The summed E-state index contributed by atoms with van der Waals surface area (Å²) in [6.07, 6.45) is 5.78. The van der Waals surface area contributed by atoms with Gasteiger partial charge in [-0.05, 0) is 44.7 Å². The number of imide groups is 1. The zero-order valence-electron chi connectivity index (χ0n) is 13.8. The standard InChI is InChI=1S/C16H28N4O3/c1-11-4-2-3-5-13(11)18-16(23)19-14(21)10-20-8-6-12(7-9-20)15(17)22/h11-13H,2-10H2,1H3,(H2,17,22)(H2,18,19,21,23)/t11-,13+/m0/s1. The number of likely N-dealkylation sites (tertiary alicyclic amines) is 1. The second-order valence-corrected chi connectivity index (χ2v) is 6.84. The van der Waals surface area contributed by atoms with Gasteiger partial charge in [0.25, 0.3) is 0 Å². The third-order valence-corrected chi connectivity index (χ3v) is 5.04. The smallest absolute Gasteiger partial charge is 0.321 e. The molecule has 2 atom stereocenters. The predicted molar refractivity (Wildman–Crippen MR) is 86.5 cm³/mol. The maximum atomic E-state index is 12.0. The van der Waals surface area contributed by atoms with Crippen molar-refractivity contribution in [3.05, 3.63) is 0 Å². The number of nitrogens with zero attached hydrogens (tertiary/aromatic N) is 1. The number of piperidine rings is 1. The van der Waals surface area contributed by atoms with Gasteiger partial charge in [-0.2, -0.15) is 0 Å². The summed E-state index contributed by atoms with van der Waals surface area (Å²) in [6, 6.07) is -0.247. The summed E-state index contributed by atoms with van der Waals surface area (Å²) in [6.45, 7) is 3.62. The zero-order valence-corrected chi connectivity index (χ0v) is 13.8. The first-order chi connectivity index (χ1) is 11.0. The molecule has 7 nitrogen and oxygen atoms in total. The van der Waals surface area contributed by atoms with E-state index in [1.54, 1.807) is 0 Å². The number of carbonyl (C=O) groups excluding carboxylic acids is 3. The minimum atomic E-state index is -0.402. The fraction of sp³-hybridized carbons (Fsp3) is 0.812. The van der Waals surface area contributed by atoms with Gasteiger partial charge in [-0.1, -0.05) is 19.8 Å². The van der Waals surface area contributed by atoms with Crippen LogP contribution in [0.4, 0.5) is 4.79 Å². The van der Waals surface area contributed by atoms with E-state index in [2.05, 4.69) is 17.6 Å². The molecule has 1 aliphatic carbocycles. The van der Waals surface area contributed by atoms with Gasteiger partial charge in [0.05, 0.1) is 6.54 Å². The fourth-order valence-corrected chi connectivity index (χ4v) is 3.48. The number of nitrogens with one attached hydrogen (secondary N) is 2. The molecular formula is C16H28N4O3. The number of hydrogen-bond acceptors (Lipinski definition) is 4. The van der Waals surface area contributed by atoms with E-state index in [4.69, 9.17) is 5.73 Å². The van der Waals surface area contributed by atoms with Crippen molar-refractivity contribution in [2.45, 2.75) is 51.5 Å². The highest BCUT2D eigenvalue weighted by Gasteiger charge is 2.26. The molecule has 2 fully saturated rings. The van der Waals surface area contributed by atoms with Gasteiger partial charge in [0, 0.05) is 12.0 Å². The molecule has 1 saturated heterocycles. The summed E-state index contributed by atoms with van der Waals surface area (Å²) in [7, 11) is 0. The van der Waals surface area contributed by atoms with E-state index in [0.29, 0.717) is 31.8 Å². The van der Waals surface area contributed by atoms with Crippen LogP contribution in [0.15, 0.2) is 0 Å². The molecule has 2 rings (SSSR count). The summed E-state index contributed by atoms with van der Waals surface area (Å²) < 4.78 is 0. The van der Waals surface area contributed by atoms with Crippen LogP contribution in [-0.4, -0.2) is 48.4 Å². The van der Waals surface area contributed by atoms with Crippen LogP contribution in [0.5, 0.6) is 0 Å². The Balaban J connectivity index is 1.68. The van der Waals surface area contributed by atoms with Gasteiger partial charge in [-0.25, -0.2) is 4.79 Å². The van der Waals surface area contributed by atoms with Gasteiger partial charge in [0.15, 0.2) is 0 Å². The molecule has 4 N–H and O–H groups in total. The Bertz CT molecular complexity index is 447. The molecule has 0 aromatic rings. The highest BCUT2D eigenvalue weighted by molar-refractivity contribution is 5.95. The van der Waals surface area contributed by atoms with E-state index in [-0.39, 0.29) is 30.3 Å². The van der Waals surface area contributed by atoms with Crippen LogP contribution in [-0.2, 0) is 9.59 Å². The van der Waals surface area contributed by atoms with Gasteiger partial charge < -0.3 is 11.1 Å². The third-order valence-electron chi connectivity index (χ3n) is 5.04. The summed E-state index contributed by atoms with van der Waals surface area (Å²) in [5, 5.41) is 5.31. The second-order valence-electron chi connectivity index (χ2n) is 6.84. The van der Waals surface area contributed by atoms with Crippen LogP contribution in [0.1, 0.15) is 45.4 Å². The number of primary amides is 1. The van der Waals surface area contributed by atoms with E-state index in [1.165, 1.54) is 6.42 Å². The van der Waals surface area contributed by atoms with Gasteiger partial charge in [0.1, 0.15) is 0 Å². The quantitative estimate of drug-likeness (QED) is 0.704. The summed E-state index contributed by atoms with van der Waals surface area (Å²) >= 11 is 0. The average Bonchev–Trinajstić information content (AvgIpc) is 2.50. The maximum absolute atomic E-state index is 12.0. The number of hydrogen-bond donors (Lipinski definition) is 3. The first-order valence-corrected chi connectivity index (χ1v) is 8.57. The van der Waals surface area contributed by atoms with Crippen molar-refractivity contribution in [1.29, 1.82) is 0 Å². The van der Waals surface area contributed by atoms with E-state index in [1.807, 2.05) is 4.90 Å². The monoisotopic (exact) mass is 324 g/mol. The first-order valence-electron chi connectivity index (χ1n) is 8.57. The molecule has 2 aliphatic rings. The number of nitrogens with two attached hydrogens (primary N) is 1. The number of carbonyl (C=O) groups is 3. The van der Waals surface area contributed by atoms with E-state index in [0.717, 1.165) is 19.3 Å². The van der Waals surface area contributed by atoms with Crippen molar-refractivity contribution >= 4 is 17.8 Å². The average molecular weight is 324 g/mol. The van der Waals surface area contributed by atoms with Crippen molar-refractivity contribution in [3.63, 3.8) is 0 Å². The number of amides is 4. The third kappa shape index (κ3) is 5.49. The minimum Gasteiger partial charge on any atom is -0.369 e. The van der Waals surface area contributed by atoms with Gasteiger partial charge >= 0.3 is 6.03 Å². The van der Waals surface area contributed by atoms with Crippen LogP contribution < -0.4 is 16.4 Å². The number of urea groups is 1. The SMILES string of the molecule is C[C@H]1CCCC[C@H]1NC(=O)NC(=O)CN1CCC(C(N)=O)CC1. The predicted octanol–water partition coefficient (Wildman–Crippen LogP) is 0.588. The highest BCUT2D eigenvalue weighted by atomic mass is 16.2. The number of rotatable bonds is 4. The molecule has 0 bridgehead atoms. The van der Waals surface area contributed by atoms with Crippen LogP contribution in [0, 0.1) is 11.8 Å². The lowest BCUT2D eigenvalue weighted by Crippen LogP contribution is -2.50. The van der Waals surface area contributed by atoms with Crippen molar-refractivity contribution < 1.29 is 14.4 Å². The normalized spacial score (nSPS) is 26.5.